The maximum atomic E-state index is 13.1. The first-order chi connectivity index (χ1) is 8.08. The molecular formula is C12H11FN2O2. The Morgan fingerprint density at radius 3 is 2.94 bits per heavy atom. The van der Waals surface area contributed by atoms with E-state index < -0.39 is 5.97 Å². The molecule has 0 saturated carbocycles. The molecule has 1 heterocycles. The number of aliphatic carboxylic acids is 1. The largest absolute Gasteiger partial charge is 0.480 e. The Bertz CT molecular complexity index is 563. The number of benzene rings is 1. The van der Waals surface area contributed by atoms with Crippen LogP contribution < -0.4 is 0 Å². The highest BCUT2D eigenvalue weighted by Gasteiger charge is 2.10. The van der Waals surface area contributed by atoms with Gasteiger partial charge in [-0.3, -0.25) is 9.48 Å². The van der Waals surface area contributed by atoms with E-state index >= 15 is 0 Å². The van der Waals surface area contributed by atoms with Crippen LogP contribution in [-0.4, -0.2) is 20.9 Å². The van der Waals surface area contributed by atoms with Crippen molar-refractivity contribution in [3.05, 3.63) is 42.0 Å². The van der Waals surface area contributed by atoms with Crippen LogP contribution in [0.25, 0.3) is 11.1 Å². The summed E-state index contributed by atoms with van der Waals surface area (Å²) >= 11 is 0. The third-order valence-corrected chi connectivity index (χ3v) is 2.52. The van der Waals surface area contributed by atoms with Gasteiger partial charge in [0.25, 0.3) is 0 Å². The lowest BCUT2D eigenvalue weighted by Crippen LogP contribution is -2.11. The molecule has 0 aliphatic carbocycles. The van der Waals surface area contributed by atoms with Crippen molar-refractivity contribution in [2.75, 3.05) is 0 Å². The second kappa shape index (κ2) is 4.37. The van der Waals surface area contributed by atoms with Gasteiger partial charge in [0.2, 0.25) is 0 Å². The fourth-order valence-corrected chi connectivity index (χ4v) is 1.67. The minimum absolute atomic E-state index is 0.193. The summed E-state index contributed by atoms with van der Waals surface area (Å²) in [6.07, 6.45) is 1.55. The zero-order chi connectivity index (χ0) is 12.4. The van der Waals surface area contributed by atoms with Crippen LogP contribution >= 0.6 is 0 Å². The van der Waals surface area contributed by atoms with E-state index in [9.17, 15) is 9.18 Å². The third-order valence-electron chi connectivity index (χ3n) is 2.52. The fourth-order valence-electron chi connectivity index (χ4n) is 1.67. The molecule has 88 valence electrons. The molecule has 2 aromatic rings. The Hall–Kier alpha value is -2.17. The van der Waals surface area contributed by atoms with Crippen molar-refractivity contribution < 1.29 is 14.3 Å². The average molecular weight is 234 g/mol. The number of hydrogen-bond donors (Lipinski definition) is 1. The molecule has 1 aromatic heterocycles. The third kappa shape index (κ3) is 2.33. The van der Waals surface area contributed by atoms with Crippen molar-refractivity contribution in [3.63, 3.8) is 0 Å². The van der Waals surface area contributed by atoms with Gasteiger partial charge in [-0.25, -0.2) is 4.39 Å². The molecule has 5 heteroatoms. The highest BCUT2D eigenvalue weighted by atomic mass is 19.1. The number of aromatic nitrogens is 2. The van der Waals surface area contributed by atoms with Gasteiger partial charge in [0.1, 0.15) is 12.4 Å². The lowest BCUT2D eigenvalue weighted by atomic mass is 10.1. The van der Waals surface area contributed by atoms with Crippen LogP contribution in [0.1, 0.15) is 5.69 Å². The molecule has 0 bridgehead atoms. The van der Waals surface area contributed by atoms with E-state index in [1.54, 1.807) is 25.3 Å². The molecule has 0 spiro atoms. The van der Waals surface area contributed by atoms with E-state index in [1.807, 2.05) is 0 Å². The topological polar surface area (TPSA) is 55.1 Å². The van der Waals surface area contributed by atoms with Crippen molar-refractivity contribution in [2.45, 2.75) is 13.5 Å². The summed E-state index contributed by atoms with van der Waals surface area (Å²) in [5.74, 6) is -1.28. The van der Waals surface area contributed by atoms with Crippen molar-refractivity contribution in [3.8, 4) is 11.1 Å². The molecule has 1 N–H and O–H groups in total. The summed E-state index contributed by atoms with van der Waals surface area (Å²) < 4.78 is 14.5. The molecule has 0 amide bonds. The molecule has 4 nitrogen and oxygen atoms in total. The Morgan fingerprint density at radius 1 is 1.53 bits per heavy atom. The van der Waals surface area contributed by atoms with E-state index in [2.05, 4.69) is 5.10 Å². The monoisotopic (exact) mass is 234 g/mol. The Labute approximate surface area is 97.3 Å². The van der Waals surface area contributed by atoms with E-state index in [0.717, 1.165) is 5.56 Å². The van der Waals surface area contributed by atoms with Gasteiger partial charge in [0.15, 0.2) is 0 Å². The normalized spacial score (nSPS) is 10.5. The standard InChI is InChI=1S/C12H11FN2O2/c1-8-11(6-14-15(8)7-12(16)17)9-3-2-4-10(13)5-9/h2-6H,7H2,1H3,(H,16,17). The summed E-state index contributed by atoms with van der Waals surface area (Å²) in [5.41, 5.74) is 2.14. The molecule has 2 rings (SSSR count). The van der Waals surface area contributed by atoms with Crippen LogP contribution in [0.4, 0.5) is 4.39 Å². The Morgan fingerprint density at radius 2 is 2.29 bits per heavy atom. The van der Waals surface area contributed by atoms with Gasteiger partial charge in [-0.05, 0) is 24.6 Å². The Balaban J connectivity index is 2.40. The number of hydrogen-bond acceptors (Lipinski definition) is 2. The highest BCUT2D eigenvalue weighted by Crippen LogP contribution is 2.23. The highest BCUT2D eigenvalue weighted by molar-refractivity contribution is 5.68. The van der Waals surface area contributed by atoms with Gasteiger partial charge in [-0.15, -0.1) is 0 Å². The summed E-state index contributed by atoms with van der Waals surface area (Å²) in [5, 5.41) is 12.7. The molecule has 0 aliphatic rings. The summed E-state index contributed by atoms with van der Waals surface area (Å²) in [6, 6.07) is 6.13. The molecule has 1 aromatic carbocycles. The minimum atomic E-state index is -0.956. The maximum Gasteiger partial charge on any atom is 0.325 e. The zero-order valence-corrected chi connectivity index (χ0v) is 9.22. The number of carboxylic acids is 1. The van der Waals surface area contributed by atoms with Gasteiger partial charge in [-0.2, -0.15) is 5.10 Å². The van der Waals surface area contributed by atoms with E-state index in [4.69, 9.17) is 5.11 Å². The molecule has 0 atom stereocenters. The van der Waals surface area contributed by atoms with Gasteiger partial charge in [-0.1, -0.05) is 12.1 Å². The van der Waals surface area contributed by atoms with Gasteiger partial charge in [0, 0.05) is 11.3 Å². The van der Waals surface area contributed by atoms with Crippen LogP contribution in [0.2, 0.25) is 0 Å². The second-order valence-corrected chi connectivity index (χ2v) is 3.71. The lowest BCUT2D eigenvalue weighted by Gasteiger charge is -2.03. The first-order valence-corrected chi connectivity index (χ1v) is 5.08. The summed E-state index contributed by atoms with van der Waals surface area (Å²) in [7, 11) is 0. The van der Waals surface area contributed by atoms with Crippen molar-refractivity contribution in [1.29, 1.82) is 0 Å². The fraction of sp³-hybridized carbons (Fsp3) is 0.167. The van der Waals surface area contributed by atoms with Gasteiger partial charge >= 0.3 is 5.97 Å². The predicted molar refractivity (Wildman–Crippen MR) is 60.0 cm³/mol. The van der Waals surface area contributed by atoms with E-state index in [-0.39, 0.29) is 12.4 Å². The molecular weight excluding hydrogens is 223 g/mol. The van der Waals surface area contributed by atoms with Crippen molar-refractivity contribution >= 4 is 5.97 Å². The van der Waals surface area contributed by atoms with Crippen LogP contribution in [0.15, 0.2) is 30.5 Å². The Kier molecular flexibility index (Phi) is 2.91. The van der Waals surface area contributed by atoms with E-state index in [1.165, 1.54) is 16.8 Å². The lowest BCUT2D eigenvalue weighted by molar-refractivity contribution is -0.137. The maximum absolute atomic E-state index is 13.1. The first kappa shape index (κ1) is 11.3. The SMILES string of the molecule is Cc1c(-c2cccc(F)c2)cnn1CC(=O)O. The molecule has 17 heavy (non-hydrogen) atoms. The van der Waals surface area contributed by atoms with Crippen LogP contribution in [-0.2, 0) is 11.3 Å². The van der Waals surface area contributed by atoms with Crippen molar-refractivity contribution in [2.24, 2.45) is 0 Å². The molecule has 0 radical (unpaired) electrons. The van der Waals surface area contributed by atoms with Crippen LogP contribution in [0.5, 0.6) is 0 Å². The van der Waals surface area contributed by atoms with Gasteiger partial charge in [0.05, 0.1) is 6.20 Å². The predicted octanol–water partition coefficient (Wildman–Crippen LogP) is 2.08. The average Bonchev–Trinajstić information content (AvgIpc) is 2.60. The minimum Gasteiger partial charge on any atom is -0.480 e. The molecule has 0 saturated heterocycles. The first-order valence-electron chi connectivity index (χ1n) is 5.08. The molecule has 0 aliphatic heterocycles. The number of carboxylic acid groups (broad SMARTS) is 1. The molecule has 0 fully saturated rings. The number of carbonyl (C=O) groups is 1. The van der Waals surface area contributed by atoms with Crippen LogP contribution in [0.3, 0.4) is 0 Å². The second-order valence-electron chi connectivity index (χ2n) is 3.71. The van der Waals surface area contributed by atoms with Crippen molar-refractivity contribution in [1.82, 2.24) is 9.78 Å². The van der Waals surface area contributed by atoms with Crippen LogP contribution in [0, 0.1) is 12.7 Å². The van der Waals surface area contributed by atoms with Gasteiger partial charge < -0.3 is 5.11 Å². The summed E-state index contributed by atoms with van der Waals surface area (Å²) in [4.78, 5) is 10.6. The zero-order valence-electron chi connectivity index (χ0n) is 9.22. The number of rotatable bonds is 3. The number of nitrogens with zero attached hydrogens (tertiary/aromatic N) is 2. The summed E-state index contributed by atoms with van der Waals surface area (Å²) in [6.45, 7) is 1.57. The number of halogens is 1. The van der Waals surface area contributed by atoms with E-state index in [0.29, 0.717) is 11.3 Å². The smallest absolute Gasteiger partial charge is 0.325 e. The molecule has 0 unspecified atom stereocenters. The quantitative estimate of drug-likeness (QED) is 0.884.